The molecule has 0 radical (unpaired) electrons. The maximum Gasteiger partial charge on any atom is 0.409 e. The van der Waals surface area contributed by atoms with Crippen LogP contribution in [-0.4, -0.2) is 6.09 Å². The zero-order valence-electron chi connectivity index (χ0n) is 14.0. The molecule has 0 bridgehead atoms. The number of carbonyl (C=O) groups is 1. The van der Waals surface area contributed by atoms with Gasteiger partial charge in [-0.15, -0.1) is 0 Å². The van der Waals surface area contributed by atoms with E-state index in [0.29, 0.717) is 5.75 Å². The minimum absolute atomic E-state index is 0.0841. The molecule has 0 saturated heterocycles. The second-order valence-corrected chi connectivity index (χ2v) is 6.11. The summed E-state index contributed by atoms with van der Waals surface area (Å²) in [6.45, 7) is 14.6. The van der Waals surface area contributed by atoms with Gasteiger partial charge in [-0.05, 0) is 36.0 Å². The van der Waals surface area contributed by atoms with E-state index in [4.69, 9.17) is 10.5 Å². The highest BCUT2D eigenvalue weighted by Crippen LogP contribution is 2.30. The number of hydrogen-bond donors (Lipinski definition) is 1. The van der Waals surface area contributed by atoms with Gasteiger partial charge in [0.15, 0.2) is 0 Å². The van der Waals surface area contributed by atoms with E-state index in [-0.39, 0.29) is 5.41 Å². The van der Waals surface area contributed by atoms with Crippen molar-refractivity contribution in [2.24, 2.45) is 5.73 Å². The quantitative estimate of drug-likeness (QED) is 0.840. The van der Waals surface area contributed by atoms with Gasteiger partial charge in [-0.3, -0.25) is 0 Å². The fraction of sp³-hybridized carbons (Fsp3) is 0.588. The first-order valence-electron chi connectivity index (χ1n) is 7.22. The Morgan fingerprint density at radius 3 is 1.75 bits per heavy atom. The average molecular weight is 279 g/mol. The third-order valence-electron chi connectivity index (χ3n) is 3.03. The molecule has 0 aliphatic heterocycles. The number of primary amides is 1. The Labute approximate surface area is 123 Å². The van der Waals surface area contributed by atoms with Crippen LogP contribution in [0.15, 0.2) is 12.1 Å². The summed E-state index contributed by atoms with van der Waals surface area (Å²) < 4.78 is 4.98. The van der Waals surface area contributed by atoms with Crippen molar-refractivity contribution < 1.29 is 9.53 Å². The SMILES string of the molecule is CCCC.Cc1cc(C(C)(C)C)cc(C)c1OC(N)=O. The van der Waals surface area contributed by atoms with Crippen molar-refractivity contribution in [2.45, 2.75) is 66.7 Å². The number of ether oxygens (including phenoxy) is 1. The normalized spacial score (nSPS) is 10.6. The van der Waals surface area contributed by atoms with Gasteiger partial charge in [0.2, 0.25) is 0 Å². The fourth-order valence-electron chi connectivity index (χ4n) is 1.64. The number of unbranched alkanes of at least 4 members (excludes halogenated alkanes) is 1. The van der Waals surface area contributed by atoms with Crippen LogP contribution in [-0.2, 0) is 5.41 Å². The van der Waals surface area contributed by atoms with Gasteiger partial charge >= 0.3 is 6.09 Å². The van der Waals surface area contributed by atoms with Crippen LogP contribution in [0, 0.1) is 13.8 Å². The van der Waals surface area contributed by atoms with Gasteiger partial charge in [-0.25, -0.2) is 4.79 Å². The lowest BCUT2D eigenvalue weighted by Crippen LogP contribution is -2.18. The van der Waals surface area contributed by atoms with Crippen molar-refractivity contribution in [3.63, 3.8) is 0 Å². The topological polar surface area (TPSA) is 52.3 Å². The van der Waals surface area contributed by atoms with Crippen molar-refractivity contribution in [3.05, 3.63) is 28.8 Å². The summed E-state index contributed by atoms with van der Waals surface area (Å²) >= 11 is 0. The Bertz CT molecular complexity index is 420. The molecular weight excluding hydrogens is 250 g/mol. The van der Waals surface area contributed by atoms with Crippen LogP contribution in [0.25, 0.3) is 0 Å². The molecule has 0 aromatic heterocycles. The van der Waals surface area contributed by atoms with Gasteiger partial charge in [0, 0.05) is 0 Å². The minimum atomic E-state index is -0.769. The molecule has 3 heteroatoms. The van der Waals surface area contributed by atoms with E-state index < -0.39 is 6.09 Å². The molecule has 0 fully saturated rings. The minimum Gasteiger partial charge on any atom is -0.410 e. The molecule has 2 N–H and O–H groups in total. The van der Waals surface area contributed by atoms with Crippen LogP contribution in [0.5, 0.6) is 5.75 Å². The van der Waals surface area contributed by atoms with Gasteiger partial charge in [-0.2, -0.15) is 0 Å². The molecule has 0 saturated carbocycles. The molecule has 1 aromatic rings. The number of benzene rings is 1. The number of nitrogens with two attached hydrogens (primary N) is 1. The second-order valence-electron chi connectivity index (χ2n) is 6.11. The summed E-state index contributed by atoms with van der Waals surface area (Å²) in [5.74, 6) is 0.570. The Morgan fingerprint density at radius 2 is 1.50 bits per heavy atom. The first-order chi connectivity index (χ1) is 9.13. The van der Waals surface area contributed by atoms with Crippen molar-refractivity contribution >= 4 is 6.09 Å². The monoisotopic (exact) mass is 279 g/mol. The first kappa shape index (κ1) is 18.5. The van der Waals surface area contributed by atoms with E-state index >= 15 is 0 Å². The Balaban J connectivity index is 0.000000796. The Hall–Kier alpha value is -1.51. The van der Waals surface area contributed by atoms with Crippen LogP contribution in [0.2, 0.25) is 0 Å². The summed E-state index contributed by atoms with van der Waals surface area (Å²) in [4.78, 5) is 10.8. The van der Waals surface area contributed by atoms with Gasteiger partial charge in [0.1, 0.15) is 5.75 Å². The molecule has 0 aliphatic rings. The standard InChI is InChI=1S/C13H19NO2.C4H10/c1-8-6-10(13(3,4)5)7-9(2)11(8)16-12(14)15;1-3-4-2/h6-7H,1-5H3,(H2,14,15);3-4H2,1-2H3. The lowest BCUT2D eigenvalue weighted by molar-refractivity contribution is 0.210. The molecule has 0 unspecified atom stereocenters. The number of amides is 1. The fourth-order valence-corrected chi connectivity index (χ4v) is 1.64. The van der Waals surface area contributed by atoms with Crippen molar-refractivity contribution in [3.8, 4) is 5.75 Å². The number of hydrogen-bond acceptors (Lipinski definition) is 2. The highest BCUT2D eigenvalue weighted by Gasteiger charge is 2.17. The van der Waals surface area contributed by atoms with Gasteiger partial charge in [0.25, 0.3) is 0 Å². The molecule has 3 nitrogen and oxygen atoms in total. The third-order valence-corrected chi connectivity index (χ3v) is 3.03. The molecule has 0 aliphatic carbocycles. The average Bonchev–Trinajstić information content (AvgIpc) is 2.32. The number of carbonyl (C=O) groups excluding carboxylic acids is 1. The predicted octanol–water partition coefficient (Wildman–Crippen LogP) is 4.86. The molecule has 1 aromatic carbocycles. The second kappa shape index (κ2) is 7.93. The van der Waals surface area contributed by atoms with Gasteiger partial charge in [0.05, 0.1) is 0 Å². The lowest BCUT2D eigenvalue weighted by atomic mass is 9.85. The Kier molecular flexibility index (Phi) is 7.33. The molecule has 1 rings (SSSR count). The molecule has 20 heavy (non-hydrogen) atoms. The maximum atomic E-state index is 10.8. The molecule has 0 heterocycles. The van der Waals surface area contributed by atoms with E-state index in [2.05, 4.69) is 34.6 Å². The zero-order valence-corrected chi connectivity index (χ0v) is 14.0. The molecule has 0 atom stereocenters. The number of rotatable bonds is 2. The Morgan fingerprint density at radius 1 is 1.10 bits per heavy atom. The van der Waals surface area contributed by atoms with Crippen molar-refractivity contribution in [2.75, 3.05) is 0 Å². The summed E-state index contributed by atoms with van der Waals surface area (Å²) in [6.07, 6.45) is 1.87. The maximum absolute atomic E-state index is 10.8. The van der Waals surface area contributed by atoms with Crippen LogP contribution < -0.4 is 10.5 Å². The van der Waals surface area contributed by atoms with E-state index in [1.165, 1.54) is 18.4 Å². The highest BCUT2D eigenvalue weighted by molar-refractivity contribution is 5.69. The largest absolute Gasteiger partial charge is 0.410 e. The predicted molar refractivity (Wildman–Crippen MR) is 85.4 cm³/mol. The molecule has 0 spiro atoms. The molecule has 1 amide bonds. The zero-order chi connectivity index (χ0) is 15.9. The van der Waals surface area contributed by atoms with Crippen LogP contribution in [0.3, 0.4) is 0 Å². The summed E-state index contributed by atoms with van der Waals surface area (Å²) in [5, 5.41) is 0. The van der Waals surface area contributed by atoms with E-state index in [9.17, 15) is 4.79 Å². The summed E-state index contributed by atoms with van der Waals surface area (Å²) in [6, 6.07) is 4.07. The van der Waals surface area contributed by atoms with Crippen LogP contribution in [0.4, 0.5) is 4.79 Å². The molecule has 114 valence electrons. The van der Waals surface area contributed by atoms with Gasteiger partial charge in [-0.1, -0.05) is 59.6 Å². The first-order valence-corrected chi connectivity index (χ1v) is 7.22. The van der Waals surface area contributed by atoms with Crippen molar-refractivity contribution in [1.29, 1.82) is 0 Å². The van der Waals surface area contributed by atoms with Gasteiger partial charge < -0.3 is 10.5 Å². The summed E-state index contributed by atoms with van der Waals surface area (Å²) in [7, 11) is 0. The van der Waals surface area contributed by atoms with Crippen LogP contribution in [0.1, 0.15) is 64.2 Å². The highest BCUT2D eigenvalue weighted by atomic mass is 16.5. The van der Waals surface area contributed by atoms with E-state index in [1.54, 1.807) is 0 Å². The smallest absolute Gasteiger partial charge is 0.409 e. The van der Waals surface area contributed by atoms with Crippen LogP contribution >= 0.6 is 0 Å². The molecular formula is C17H29NO2. The third kappa shape index (κ3) is 6.09. The number of aryl methyl sites for hydroxylation is 2. The lowest BCUT2D eigenvalue weighted by Gasteiger charge is -2.21. The van der Waals surface area contributed by atoms with Crippen molar-refractivity contribution in [1.82, 2.24) is 0 Å². The van der Waals surface area contributed by atoms with E-state index in [0.717, 1.165) is 11.1 Å². The van der Waals surface area contributed by atoms with E-state index in [1.807, 2.05) is 26.0 Å². The summed E-state index contributed by atoms with van der Waals surface area (Å²) in [5.41, 5.74) is 8.20.